The van der Waals surface area contributed by atoms with Crippen LogP contribution in [0.1, 0.15) is 21.5 Å². The van der Waals surface area contributed by atoms with E-state index in [4.69, 9.17) is 0 Å². The fraction of sp³-hybridized carbons (Fsp3) is 0.0952. The van der Waals surface area contributed by atoms with Crippen molar-refractivity contribution < 1.29 is 36.7 Å². The van der Waals surface area contributed by atoms with Gasteiger partial charge in [-0.15, -0.1) is 0 Å². The second kappa shape index (κ2) is 11.1. The first-order chi connectivity index (χ1) is 16.6. The molecule has 0 aromatic heterocycles. The van der Waals surface area contributed by atoms with Gasteiger partial charge in [-0.1, -0.05) is 12.1 Å². The lowest BCUT2D eigenvalue weighted by molar-refractivity contribution is -0.386. The fourth-order valence-corrected chi connectivity index (χ4v) is 7.04. The second-order valence-corrected chi connectivity index (χ2v) is 11.7. The minimum Gasteiger partial charge on any atom is -0.354 e. The molecule has 0 aliphatic rings. The predicted octanol–water partition coefficient (Wildman–Crippen LogP) is 6.74. The van der Waals surface area contributed by atoms with E-state index in [1.165, 1.54) is 0 Å². The Hall–Kier alpha value is -1.49. The van der Waals surface area contributed by atoms with E-state index in [0.29, 0.717) is 18.3 Å². The molecule has 7 nitrogen and oxygen atoms in total. The van der Waals surface area contributed by atoms with Crippen molar-refractivity contribution in [1.29, 1.82) is 0 Å². The summed E-state index contributed by atoms with van der Waals surface area (Å²) in [6.07, 6.45) is -4.71. The van der Waals surface area contributed by atoms with E-state index in [9.17, 15) is 30.9 Å². The lowest BCUT2D eigenvalue weighted by Crippen LogP contribution is -2.47. The van der Waals surface area contributed by atoms with Crippen molar-refractivity contribution in [3.8, 4) is 0 Å². The maximum Gasteiger partial charge on any atom is 0.416 e. The maximum absolute atomic E-state index is 13.4. The monoisotopic (exact) mass is 778 g/mol. The van der Waals surface area contributed by atoms with Crippen molar-refractivity contribution in [2.75, 3.05) is 10.6 Å². The third kappa shape index (κ3) is 6.31. The molecule has 0 atom stereocenters. The molecule has 1 amide bonds. The van der Waals surface area contributed by atoms with Crippen LogP contribution in [-0.2, 0) is 22.8 Å². The Morgan fingerprint density at radius 1 is 0.917 bits per heavy atom. The number of carbonyl (C=O) groups excluding carboxylic acids is 1. The number of halogens is 7. The largest absolute Gasteiger partial charge is 0.416 e. The lowest BCUT2D eigenvalue weighted by atomic mass is 10.1. The van der Waals surface area contributed by atoms with Crippen LogP contribution < -0.4 is 16.4 Å². The summed E-state index contributed by atoms with van der Waals surface area (Å²) >= 11 is 12.5. The fourth-order valence-electron chi connectivity index (χ4n) is 3.08. The smallest absolute Gasteiger partial charge is 0.354 e. The van der Waals surface area contributed by atoms with Crippen LogP contribution in [0, 0.1) is 0 Å². The normalized spacial score (nSPS) is 11.9. The molecule has 0 saturated carbocycles. The molecule has 3 aromatic rings. The Kier molecular flexibility index (Phi) is 8.96. The molecule has 3 rings (SSSR count). The zero-order valence-corrected chi connectivity index (χ0v) is 24.8. The zero-order chi connectivity index (χ0) is 27.0. The first-order valence-electron chi connectivity index (χ1n) is 9.66. The van der Waals surface area contributed by atoms with Crippen LogP contribution in [0.5, 0.6) is 0 Å². The highest BCUT2D eigenvalue weighted by Crippen LogP contribution is 2.44. The third-order valence-electron chi connectivity index (χ3n) is 4.83. The van der Waals surface area contributed by atoms with E-state index in [0.717, 1.165) is 17.7 Å². The maximum atomic E-state index is 13.4. The first-order valence-corrected chi connectivity index (χ1v) is 14.3. The van der Waals surface area contributed by atoms with Gasteiger partial charge >= 0.3 is 6.18 Å². The number of benzene rings is 3. The molecule has 0 radical (unpaired) electrons. The Morgan fingerprint density at radius 2 is 1.50 bits per heavy atom. The zero-order valence-electron chi connectivity index (χ0n) is 17.7. The average Bonchev–Trinajstić information content (AvgIpc) is 2.79. The van der Waals surface area contributed by atoms with Gasteiger partial charge in [-0.25, -0.2) is 0 Å². The topological polar surface area (TPSA) is 123 Å². The Labute approximate surface area is 237 Å². The molecular weight excluding hydrogens is 767 g/mol. The standard InChI is InChI=1S/C21H14Br4F3N3O4S/c22-15-14(19(36(33,34)35)18(25)17(24)16(15)23)20(32)31-13-7-10(21(26,27)28)3-6-12(13)30-11-4-1-9(8-29)2-5-11/h1-7,30H,8,29H2,(H,31,32)(H,33,34,35)/p+1. The Bertz CT molecular complexity index is 1450. The summed E-state index contributed by atoms with van der Waals surface area (Å²) in [6, 6.07) is 9.65. The van der Waals surface area contributed by atoms with Gasteiger partial charge in [0.1, 0.15) is 4.90 Å². The van der Waals surface area contributed by atoms with Crippen LogP contribution in [-0.4, -0.2) is 18.9 Å². The summed E-state index contributed by atoms with van der Waals surface area (Å²) in [4.78, 5) is 12.5. The number of hydrogen-bond donors (Lipinski definition) is 4. The molecule has 0 bridgehead atoms. The summed E-state index contributed by atoms with van der Waals surface area (Å²) in [5.41, 5.74) is 3.50. The minimum atomic E-state index is -4.95. The Morgan fingerprint density at radius 3 is 2.03 bits per heavy atom. The number of rotatable bonds is 6. The molecule has 0 unspecified atom stereocenters. The van der Waals surface area contributed by atoms with Crippen molar-refractivity contribution in [2.24, 2.45) is 0 Å². The van der Waals surface area contributed by atoms with E-state index in [1.54, 1.807) is 24.3 Å². The molecule has 192 valence electrons. The van der Waals surface area contributed by atoms with Crippen molar-refractivity contribution in [2.45, 2.75) is 17.6 Å². The summed E-state index contributed by atoms with van der Waals surface area (Å²) in [5, 5.41) is 5.28. The molecule has 0 fully saturated rings. The van der Waals surface area contributed by atoms with Gasteiger partial charge in [0.15, 0.2) is 0 Å². The Balaban J connectivity index is 2.14. The number of hydrogen-bond acceptors (Lipinski definition) is 4. The van der Waals surface area contributed by atoms with E-state index >= 15 is 0 Å². The van der Waals surface area contributed by atoms with Crippen LogP contribution in [0.3, 0.4) is 0 Å². The summed E-state index contributed by atoms with van der Waals surface area (Å²) < 4.78 is 74.5. The van der Waals surface area contributed by atoms with E-state index < -0.39 is 38.2 Å². The molecule has 0 saturated heterocycles. The molecule has 0 spiro atoms. The van der Waals surface area contributed by atoms with Crippen LogP contribution in [0.15, 0.2) is 65.3 Å². The average molecular weight is 782 g/mol. The van der Waals surface area contributed by atoms with E-state index in [1.807, 2.05) is 0 Å². The molecule has 36 heavy (non-hydrogen) atoms. The van der Waals surface area contributed by atoms with Gasteiger partial charge in [-0.3, -0.25) is 9.35 Å². The number of quaternary nitrogens is 1. The van der Waals surface area contributed by atoms with Gasteiger partial charge in [0.05, 0.1) is 33.5 Å². The minimum absolute atomic E-state index is 0.0621. The van der Waals surface area contributed by atoms with Gasteiger partial charge < -0.3 is 16.4 Å². The summed E-state index contributed by atoms with van der Waals surface area (Å²) in [5.74, 6) is -1.10. The summed E-state index contributed by atoms with van der Waals surface area (Å²) in [6.45, 7) is 0.547. The second-order valence-electron chi connectivity index (χ2n) is 7.22. The molecule has 3 aromatic carbocycles. The molecule has 0 heterocycles. The molecule has 15 heteroatoms. The number of alkyl halides is 3. The summed E-state index contributed by atoms with van der Waals surface area (Å²) in [7, 11) is -4.95. The third-order valence-corrected chi connectivity index (χ3v) is 10.8. The molecule has 6 N–H and O–H groups in total. The number of amides is 1. The highest BCUT2D eigenvalue weighted by molar-refractivity contribution is 9.15. The number of nitrogens with one attached hydrogen (secondary N) is 2. The lowest BCUT2D eigenvalue weighted by Gasteiger charge is -2.18. The van der Waals surface area contributed by atoms with Crippen molar-refractivity contribution in [1.82, 2.24) is 0 Å². The SMILES string of the molecule is [NH3+]Cc1ccc(Nc2ccc(C(F)(F)F)cc2NC(=O)c2c(Br)c(Br)c(Br)c(Br)c2S(=O)(=O)O)cc1. The van der Waals surface area contributed by atoms with Crippen LogP contribution in [0.25, 0.3) is 0 Å². The highest BCUT2D eigenvalue weighted by Gasteiger charge is 2.33. The number of carbonyl (C=O) groups is 1. The van der Waals surface area contributed by atoms with Crippen molar-refractivity contribution in [3.63, 3.8) is 0 Å². The first kappa shape index (κ1) is 29.1. The molecule has 0 aliphatic carbocycles. The van der Waals surface area contributed by atoms with Gasteiger partial charge in [-0.05, 0) is 94.1 Å². The molecular formula is C21H15Br4F3N3O4S+. The van der Waals surface area contributed by atoms with Crippen molar-refractivity contribution in [3.05, 3.63) is 77.0 Å². The molecule has 0 aliphatic heterocycles. The van der Waals surface area contributed by atoms with Gasteiger partial charge in [-0.2, -0.15) is 21.6 Å². The van der Waals surface area contributed by atoms with Crippen LogP contribution >= 0.6 is 63.7 Å². The van der Waals surface area contributed by atoms with Crippen molar-refractivity contribution >= 4 is 96.8 Å². The van der Waals surface area contributed by atoms with Gasteiger partial charge in [0.25, 0.3) is 16.0 Å². The van der Waals surface area contributed by atoms with Gasteiger partial charge in [0, 0.05) is 24.7 Å². The van der Waals surface area contributed by atoms with Crippen LogP contribution in [0.2, 0.25) is 0 Å². The predicted molar refractivity (Wildman–Crippen MR) is 143 cm³/mol. The quantitative estimate of drug-likeness (QED) is 0.125. The van der Waals surface area contributed by atoms with Gasteiger partial charge in [0.2, 0.25) is 0 Å². The highest BCUT2D eigenvalue weighted by atomic mass is 79.9. The van der Waals surface area contributed by atoms with Crippen LogP contribution in [0.4, 0.5) is 30.2 Å². The van der Waals surface area contributed by atoms with E-state index in [-0.39, 0.29) is 29.3 Å². The van der Waals surface area contributed by atoms with E-state index in [2.05, 4.69) is 80.1 Å². The number of anilines is 3.